The van der Waals surface area contributed by atoms with Crippen LogP contribution >= 0.6 is 0 Å². The smallest absolute Gasteiger partial charge is 0.0198 e. The Balaban J connectivity index is 1.79. The Hall–Kier alpha value is -0.0800. The van der Waals surface area contributed by atoms with Gasteiger partial charge in [-0.2, -0.15) is 0 Å². The summed E-state index contributed by atoms with van der Waals surface area (Å²) in [5.74, 6) is 0. The van der Waals surface area contributed by atoms with Gasteiger partial charge in [0.15, 0.2) is 0 Å². The first-order valence-electron chi connectivity index (χ1n) is 6.51. The van der Waals surface area contributed by atoms with E-state index < -0.39 is 0 Å². The van der Waals surface area contributed by atoms with Crippen LogP contribution in [0, 0.1) is 5.41 Å². The van der Waals surface area contributed by atoms with Crippen molar-refractivity contribution in [2.75, 3.05) is 19.6 Å². The van der Waals surface area contributed by atoms with Crippen molar-refractivity contribution in [3.05, 3.63) is 0 Å². The highest BCUT2D eigenvalue weighted by Crippen LogP contribution is 2.23. The third kappa shape index (κ3) is 3.46. The van der Waals surface area contributed by atoms with Crippen molar-refractivity contribution in [1.29, 1.82) is 0 Å². The standard InChI is InChI=1S/C13H26N2/c1-13(2,3)7-8-15-9-11-5-4-6-12(10-15)14-11/h11-12,14H,4-10H2,1-3H3. The average molecular weight is 210 g/mol. The number of nitrogens with zero attached hydrogens (tertiary/aromatic N) is 1. The highest BCUT2D eigenvalue weighted by molar-refractivity contribution is 4.90. The molecule has 2 aliphatic heterocycles. The number of hydrogen-bond acceptors (Lipinski definition) is 2. The maximum Gasteiger partial charge on any atom is 0.0198 e. The van der Waals surface area contributed by atoms with Crippen LogP contribution in [-0.2, 0) is 0 Å². The molecule has 2 rings (SSSR count). The van der Waals surface area contributed by atoms with E-state index in [0.29, 0.717) is 5.41 Å². The van der Waals surface area contributed by atoms with E-state index in [2.05, 4.69) is 31.0 Å². The summed E-state index contributed by atoms with van der Waals surface area (Å²) in [6, 6.07) is 1.58. The van der Waals surface area contributed by atoms with E-state index >= 15 is 0 Å². The molecule has 2 unspecified atom stereocenters. The zero-order valence-corrected chi connectivity index (χ0v) is 10.6. The van der Waals surface area contributed by atoms with Crippen molar-refractivity contribution in [2.45, 2.75) is 58.5 Å². The van der Waals surface area contributed by atoms with Gasteiger partial charge < -0.3 is 10.2 Å². The third-order valence-corrected chi connectivity index (χ3v) is 3.71. The molecular weight excluding hydrogens is 184 g/mol. The van der Waals surface area contributed by atoms with Crippen LogP contribution in [0.15, 0.2) is 0 Å². The van der Waals surface area contributed by atoms with Crippen LogP contribution < -0.4 is 5.32 Å². The van der Waals surface area contributed by atoms with E-state index in [1.165, 1.54) is 45.3 Å². The minimum absolute atomic E-state index is 0.486. The lowest BCUT2D eigenvalue weighted by Gasteiger charge is -2.43. The minimum atomic E-state index is 0.486. The number of nitrogens with one attached hydrogen (secondary N) is 1. The Kier molecular flexibility index (Phi) is 3.36. The van der Waals surface area contributed by atoms with Crippen LogP contribution in [0.5, 0.6) is 0 Å². The second kappa shape index (κ2) is 4.42. The molecular formula is C13H26N2. The molecule has 2 fully saturated rings. The lowest BCUT2D eigenvalue weighted by Crippen LogP contribution is -2.58. The van der Waals surface area contributed by atoms with E-state index in [1.807, 2.05) is 0 Å². The normalized spacial score (nSPS) is 33.0. The zero-order chi connectivity index (χ0) is 10.9. The SMILES string of the molecule is CC(C)(C)CCN1CC2CCCC(C1)N2. The van der Waals surface area contributed by atoms with Crippen molar-refractivity contribution in [1.82, 2.24) is 10.2 Å². The number of piperidine rings is 1. The van der Waals surface area contributed by atoms with Crippen molar-refractivity contribution in [3.8, 4) is 0 Å². The summed E-state index contributed by atoms with van der Waals surface area (Å²) in [5, 5.41) is 3.74. The molecule has 2 aliphatic rings. The van der Waals surface area contributed by atoms with E-state index in [4.69, 9.17) is 0 Å². The van der Waals surface area contributed by atoms with Gasteiger partial charge in [-0.05, 0) is 31.2 Å². The largest absolute Gasteiger partial charge is 0.309 e. The van der Waals surface area contributed by atoms with E-state index in [-0.39, 0.29) is 0 Å². The topological polar surface area (TPSA) is 15.3 Å². The molecule has 0 aliphatic carbocycles. The summed E-state index contributed by atoms with van der Waals surface area (Å²) < 4.78 is 0. The summed E-state index contributed by atoms with van der Waals surface area (Å²) in [4.78, 5) is 2.68. The molecule has 2 bridgehead atoms. The third-order valence-electron chi connectivity index (χ3n) is 3.71. The summed E-state index contributed by atoms with van der Waals surface area (Å²) in [6.45, 7) is 10.9. The Morgan fingerprint density at radius 2 is 1.73 bits per heavy atom. The predicted molar refractivity (Wildman–Crippen MR) is 65.1 cm³/mol. The molecule has 0 spiro atoms. The van der Waals surface area contributed by atoms with Gasteiger partial charge in [0.25, 0.3) is 0 Å². The maximum absolute atomic E-state index is 3.74. The minimum Gasteiger partial charge on any atom is -0.309 e. The fourth-order valence-electron chi connectivity index (χ4n) is 2.77. The Morgan fingerprint density at radius 1 is 1.13 bits per heavy atom. The van der Waals surface area contributed by atoms with Gasteiger partial charge in [-0.25, -0.2) is 0 Å². The highest BCUT2D eigenvalue weighted by Gasteiger charge is 2.29. The Labute approximate surface area is 94.4 Å². The van der Waals surface area contributed by atoms with Crippen LogP contribution in [0.1, 0.15) is 46.5 Å². The van der Waals surface area contributed by atoms with Gasteiger partial charge in [0, 0.05) is 25.2 Å². The lowest BCUT2D eigenvalue weighted by atomic mass is 9.90. The molecule has 0 aromatic heterocycles. The molecule has 0 saturated carbocycles. The molecule has 0 amide bonds. The zero-order valence-electron chi connectivity index (χ0n) is 10.6. The second-order valence-electron chi connectivity index (χ2n) is 6.56. The lowest BCUT2D eigenvalue weighted by molar-refractivity contribution is 0.113. The molecule has 2 heteroatoms. The van der Waals surface area contributed by atoms with E-state index in [1.54, 1.807) is 0 Å². The van der Waals surface area contributed by atoms with Crippen LogP contribution in [0.25, 0.3) is 0 Å². The van der Waals surface area contributed by atoms with Crippen molar-refractivity contribution < 1.29 is 0 Å². The van der Waals surface area contributed by atoms with Crippen molar-refractivity contribution in [3.63, 3.8) is 0 Å². The first-order chi connectivity index (χ1) is 7.03. The first kappa shape index (κ1) is 11.4. The number of piperazine rings is 1. The number of hydrogen-bond donors (Lipinski definition) is 1. The number of rotatable bonds is 2. The quantitative estimate of drug-likeness (QED) is 0.752. The van der Waals surface area contributed by atoms with Crippen LogP contribution in [0.4, 0.5) is 0 Å². The highest BCUT2D eigenvalue weighted by atomic mass is 15.2. The van der Waals surface area contributed by atoms with Crippen LogP contribution in [0.3, 0.4) is 0 Å². The first-order valence-corrected chi connectivity index (χ1v) is 6.51. The van der Waals surface area contributed by atoms with Gasteiger partial charge in [0.1, 0.15) is 0 Å². The van der Waals surface area contributed by atoms with Gasteiger partial charge in [-0.15, -0.1) is 0 Å². The number of likely N-dealkylation sites (tertiary alicyclic amines) is 1. The van der Waals surface area contributed by atoms with E-state index in [9.17, 15) is 0 Å². The Bertz CT molecular complexity index is 195. The van der Waals surface area contributed by atoms with Gasteiger partial charge in [0.05, 0.1) is 0 Å². The molecule has 1 N–H and O–H groups in total. The summed E-state index contributed by atoms with van der Waals surface area (Å²) >= 11 is 0. The Morgan fingerprint density at radius 3 is 2.27 bits per heavy atom. The number of fused-ring (bicyclic) bond motifs is 2. The summed E-state index contributed by atoms with van der Waals surface area (Å²) in [7, 11) is 0. The van der Waals surface area contributed by atoms with Gasteiger partial charge in [-0.3, -0.25) is 0 Å². The second-order valence-corrected chi connectivity index (χ2v) is 6.56. The molecule has 15 heavy (non-hydrogen) atoms. The molecule has 2 nitrogen and oxygen atoms in total. The van der Waals surface area contributed by atoms with Gasteiger partial charge in [-0.1, -0.05) is 27.2 Å². The van der Waals surface area contributed by atoms with Crippen LogP contribution in [-0.4, -0.2) is 36.6 Å². The molecule has 0 radical (unpaired) electrons. The molecule has 88 valence electrons. The fraction of sp³-hybridized carbons (Fsp3) is 1.00. The maximum atomic E-state index is 3.74. The monoisotopic (exact) mass is 210 g/mol. The molecule has 2 atom stereocenters. The molecule has 0 aromatic carbocycles. The predicted octanol–water partition coefficient (Wildman–Crippen LogP) is 2.25. The summed E-state index contributed by atoms with van der Waals surface area (Å²) in [5.41, 5.74) is 0.486. The molecule has 2 heterocycles. The van der Waals surface area contributed by atoms with Gasteiger partial charge in [0.2, 0.25) is 0 Å². The van der Waals surface area contributed by atoms with Crippen molar-refractivity contribution in [2.24, 2.45) is 5.41 Å². The average Bonchev–Trinajstić information content (AvgIpc) is 2.13. The van der Waals surface area contributed by atoms with Gasteiger partial charge >= 0.3 is 0 Å². The fourth-order valence-corrected chi connectivity index (χ4v) is 2.77. The van der Waals surface area contributed by atoms with Crippen LogP contribution in [0.2, 0.25) is 0 Å². The van der Waals surface area contributed by atoms with E-state index in [0.717, 1.165) is 12.1 Å². The molecule has 2 saturated heterocycles. The summed E-state index contributed by atoms with van der Waals surface area (Å²) in [6.07, 6.45) is 5.55. The van der Waals surface area contributed by atoms with Crippen molar-refractivity contribution >= 4 is 0 Å². The molecule has 0 aromatic rings.